The van der Waals surface area contributed by atoms with Crippen LogP contribution in [0, 0.1) is 0 Å². The van der Waals surface area contributed by atoms with E-state index in [0.717, 1.165) is 7.11 Å². The summed E-state index contributed by atoms with van der Waals surface area (Å²) in [4.78, 5) is 17.6. The second-order valence-corrected chi connectivity index (χ2v) is 0.272. The van der Waals surface area contributed by atoms with Crippen LogP contribution in [0.1, 0.15) is 0 Å². The second kappa shape index (κ2) is 142. The Bertz CT molecular complexity index is 36.9. The van der Waals surface area contributed by atoms with Gasteiger partial charge in [0.25, 0.3) is 0 Å². The molecule has 1 N–H and O–H groups in total. The monoisotopic (exact) mass is 118 g/mol. The van der Waals surface area contributed by atoms with Gasteiger partial charge in [-0.1, -0.05) is 0 Å². The summed E-state index contributed by atoms with van der Waals surface area (Å²) in [6.45, 7) is 6.00. The molecule has 0 aromatic carbocycles. The first kappa shape index (κ1) is 15.7. The molecule has 0 rings (SSSR count). The molecule has 3 heteroatoms. The first-order chi connectivity index (χ1) is 3.91. The average molecular weight is 118 g/mol. The molecule has 0 fully saturated rings. The van der Waals surface area contributed by atoms with E-state index >= 15 is 0 Å². The van der Waals surface area contributed by atoms with Crippen molar-refractivity contribution in [2.45, 2.75) is 0 Å². The van der Waals surface area contributed by atoms with E-state index in [1.165, 1.54) is 0 Å². The molecule has 0 saturated carbocycles. The highest BCUT2D eigenvalue weighted by atomic mass is 16.2. The zero-order valence-corrected chi connectivity index (χ0v) is 4.83. The van der Waals surface area contributed by atoms with Crippen LogP contribution in [0.3, 0.4) is 0 Å². The molecule has 48 valence electrons. The van der Waals surface area contributed by atoms with Crippen molar-refractivity contribution in [3.8, 4) is 0 Å². The average Bonchev–Trinajstić information content (AvgIpc) is 1.96. The summed E-state index contributed by atoms with van der Waals surface area (Å²) in [5.41, 5.74) is 0. The highest BCUT2D eigenvalue weighted by Crippen LogP contribution is 1.12. The van der Waals surface area contributed by atoms with Crippen LogP contribution in [0.25, 0.3) is 0 Å². The van der Waals surface area contributed by atoms with Crippen molar-refractivity contribution in [2.24, 2.45) is 0 Å². The molecule has 0 unspecified atom stereocenters. The number of aldehydes is 2. The van der Waals surface area contributed by atoms with E-state index in [2.05, 4.69) is 13.2 Å². The summed E-state index contributed by atoms with van der Waals surface area (Å²) in [7, 11) is 1.00. The third-order valence-corrected chi connectivity index (χ3v) is 0.0556. The molecule has 0 saturated heterocycles. The molecule has 0 amide bonds. The van der Waals surface area contributed by atoms with Crippen molar-refractivity contribution in [3.05, 3.63) is 13.2 Å². The minimum atomic E-state index is 0.194. The van der Waals surface area contributed by atoms with Gasteiger partial charge in [-0.05, 0) is 0 Å². The van der Waals surface area contributed by atoms with Gasteiger partial charge < -0.3 is 5.11 Å². The molecule has 3 nitrogen and oxygen atoms in total. The van der Waals surface area contributed by atoms with E-state index in [9.17, 15) is 0 Å². The maximum atomic E-state index is 8.81. The van der Waals surface area contributed by atoms with E-state index in [1.807, 2.05) is 0 Å². The molecular weight excluding hydrogens is 108 g/mol. The molecule has 0 atom stereocenters. The third kappa shape index (κ3) is 51400. The Labute approximate surface area is 48.6 Å². The fourth-order valence-corrected chi connectivity index (χ4v) is 0. The van der Waals surface area contributed by atoms with Crippen molar-refractivity contribution >= 4 is 12.6 Å². The summed E-state index contributed by atoms with van der Waals surface area (Å²) in [5.74, 6) is 0. The van der Waals surface area contributed by atoms with Crippen LogP contribution in [0.2, 0.25) is 0 Å². The molecule has 0 bridgehead atoms. The third-order valence-electron chi connectivity index (χ3n) is 0.0556. The van der Waals surface area contributed by atoms with Crippen LogP contribution < -0.4 is 0 Å². The van der Waals surface area contributed by atoms with E-state index in [4.69, 9.17) is 14.7 Å². The zero-order chi connectivity index (χ0) is 7.41. The number of rotatable bonds is 1. The summed E-state index contributed by atoms with van der Waals surface area (Å²) in [6.07, 6.45) is 0.389. The second-order valence-electron chi connectivity index (χ2n) is 0.272. The van der Waals surface area contributed by atoms with Crippen molar-refractivity contribution in [3.63, 3.8) is 0 Å². The van der Waals surface area contributed by atoms with Crippen LogP contribution >= 0.6 is 0 Å². The lowest BCUT2D eigenvalue weighted by atomic mass is 10.9. The molecule has 0 heterocycles. The van der Waals surface area contributed by atoms with Gasteiger partial charge in [-0.15, -0.1) is 13.2 Å². The molecule has 8 heavy (non-hydrogen) atoms. The van der Waals surface area contributed by atoms with E-state index < -0.39 is 0 Å². The molecule has 0 aliphatic heterocycles. The SMILES string of the molecule is C=C.CO.O=CC=O. The largest absolute Gasteiger partial charge is 0.400 e. The molecule has 0 aliphatic carbocycles. The van der Waals surface area contributed by atoms with Crippen molar-refractivity contribution in [1.82, 2.24) is 0 Å². The Hall–Kier alpha value is -0.960. The first-order valence-electron chi connectivity index (χ1n) is 1.75. The van der Waals surface area contributed by atoms with Crippen LogP contribution in [-0.2, 0) is 9.59 Å². The number of hydrogen-bond acceptors (Lipinski definition) is 3. The predicted octanol–water partition coefficient (Wildman–Crippen LogP) is -0.205. The lowest BCUT2D eigenvalue weighted by Gasteiger charge is -1.31. The van der Waals surface area contributed by atoms with Gasteiger partial charge in [0.1, 0.15) is 0 Å². The van der Waals surface area contributed by atoms with Gasteiger partial charge in [-0.2, -0.15) is 0 Å². The van der Waals surface area contributed by atoms with Crippen LogP contribution in [0.5, 0.6) is 0 Å². The molecule has 0 spiro atoms. The number of carbonyl (C=O) groups excluding carboxylic acids is 2. The topological polar surface area (TPSA) is 54.4 Å². The highest BCUT2D eigenvalue weighted by Gasteiger charge is 1.47. The number of carbonyl (C=O) groups is 2. The van der Waals surface area contributed by atoms with Gasteiger partial charge in [0.15, 0.2) is 12.6 Å². The Kier molecular flexibility index (Phi) is 279. The van der Waals surface area contributed by atoms with Gasteiger partial charge in [0, 0.05) is 7.11 Å². The maximum Gasteiger partial charge on any atom is 0.182 e. The van der Waals surface area contributed by atoms with E-state index in [0.29, 0.717) is 0 Å². The molecule has 0 aliphatic rings. The fourth-order valence-electron chi connectivity index (χ4n) is 0. The van der Waals surface area contributed by atoms with Crippen LogP contribution in [-0.4, -0.2) is 24.8 Å². The van der Waals surface area contributed by atoms with Crippen molar-refractivity contribution in [1.29, 1.82) is 0 Å². The van der Waals surface area contributed by atoms with Crippen molar-refractivity contribution in [2.75, 3.05) is 7.11 Å². The Morgan fingerprint density at radius 2 is 1.25 bits per heavy atom. The zero-order valence-electron chi connectivity index (χ0n) is 4.83. The normalized spacial score (nSPS) is 3.75. The summed E-state index contributed by atoms with van der Waals surface area (Å²) >= 11 is 0. The molecule has 0 aromatic heterocycles. The summed E-state index contributed by atoms with van der Waals surface area (Å²) in [5, 5.41) is 7.00. The van der Waals surface area contributed by atoms with E-state index in [1.54, 1.807) is 0 Å². The summed E-state index contributed by atoms with van der Waals surface area (Å²) < 4.78 is 0. The number of aliphatic hydroxyl groups is 1. The lowest BCUT2D eigenvalue weighted by Crippen LogP contribution is -1.62. The van der Waals surface area contributed by atoms with Crippen LogP contribution in [0.4, 0.5) is 0 Å². The summed E-state index contributed by atoms with van der Waals surface area (Å²) in [6, 6.07) is 0. The fraction of sp³-hybridized carbons (Fsp3) is 0.200. The quantitative estimate of drug-likeness (QED) is 0.294. The number of hydrogen-bond donors (Lipinski definition) is 1. The Morgan fingerprint density at radius 3 is 1.25 bits per heavy atom. The molecule has 0 radical (unpaired) electrons. The standard InChI is InChI=1S/C2H2O2.C2H4.CH4O/c3-1-2-4;2*1-2/h1-2H;1-2H2;2H,1H3. The van der Waals surface area contributed by atoms with Crippen LogP contribution in [0.15, 0.2) is 13.2 Å². The van der Waals surface area contributed by atoms with E-state index in [-0.39, 0.29) is 12.6 Å². The van der Waals surface area contributed by atoms with Crippen molar-refractivity contribution < 1.29 is 14.7 Å². The first-order valence-corrected chi connectivity index (χ1v) is 1.75. The molecular formula is C5H10O3. The Morgan fingerprint density at radius 1 is 1.12 bits per heavy atom. The Balaban J connectivity index is -0.0000000542. The molecule has 0 aromatic rings. The lowest BCUT2D eigenvalue weighted by molar-refractivity contribution is -0.122. The maximum absolute atomic E-state index is 8.81. The van der Waals surface area contributed by atoms with Gasteiger partial charge in [-0.25, -0.2) is 0 Å². The number of aliphatic hydroxyl groups excluding tert-OH is 1. The minimum Gasteiger partial charge on any atom is -0.400 e. The predicted molar refractivity (Wildman–Crippen MR) is 31.5 cm³/mol. The van der Waals surface area contributed by atoms with Gasteiger partial charge in [-0.3, -0.25) is 9.59 Å². The smallest absolute Gasteiger partial charge is 0.182 e. The van der Waals surface area contributed by atoms with Gasteiger partial charge in [0.2, 0.25) is 0 Å². The highest BCUT2D eigenvalue weighted by molar-refractivity contribution is 6.09. The minimum absolute atomic E-state index is 0.194. The van der Waals surface area contributed by atoms with Gasteiger partial charge in [0.05, 0.1) is 0 Å². The van der Waals surface area contributed by atoms with Gasteiger partial charge >= 0.3 is 0 Å².